The minimum absolute atomic E-state index is 0.0217. The quantitative estimate of drug-likeness (QED) is 0.0425. The van der Waals surface area contributed by atoms with Crippen molar-refractivity contribution in [3.05, 3.63) is 35.9 Å². The lowest BCUT2D eigenvalue weighted by molar-refractivity contribution is -0.142. The van der Waals surface area contributed by atoms with Crippen molar-refractivity contribution < 1.29 is 68.1 Å². The van der Waals surface area contributed by atoms with Crippen molar-refractivity contribution in [2.45, 2.75) is 149 Å². The van der Waals surface area contributed by atoms with Gasteiger partial charge in [0.05, 0.1) is 19.0 Å². The first-order chi connectivity index (χ1) is 31.4. The predicted octanol–water partition coefficient (Wildman–Crippen LogP) is -1.33. The molecular formula is C44H69N9O14. The van der Waals surface area contributed by atoms with Gasteiger partial charge in [-0.15, -0.1) is 0 Å². The summed E-state index contributed by atoms with van der Waals surface area (Å²) in [6.45, 7) is 12.0. The lowest BCUT2D eigenvalue weighted by Gasteiger charge is -2.29. The molecule has 23 nitrogen and oxygen atoms in total. The van der Waals surface area contributed by atoms with Crippen LogP contribution in [0.25, 0.3) is 0 Å². The molecule has 67 heavy (non-hydrogen) atoms. The lowest BCUT2D eigenvalue weighted by atomic mass is 9.96. The highest BCUT2D eigenvalue weighted by Crippen LogP contribution is 2.13. The van der Waals surface area contributed by atoms with E-state index in [1.54, 1.807) is 65.0 Å². The molecule has 0 spiro atoms. The number of aliphatic carboxylic acids is 3. The summed E-state index contributed by atoms with van der Waals surface area (Å²) in [7, 11) is 0. The van der Waals surface area contributed by atoms with Gasteiger partial charge in [0, 0.05) is 12.8 Å². The Kier molecular flexibility index (Phi) is 25.3. The molecule has 11 atom stereocenters. The molecule has 1 aromatic rings. The van der Waals surface area contributed by atoms with Crippen LogP contribution in [0.5, 0.6) is 0 Å². The van der Waals surface area contributed by atoms with E-state index in [1.165, 1.54) is 13.8 Å². The van der Waals surface area contributed by atoms with Crippen LogP contribution in [0.1, 0.15) is 99.5 Å². The molecular weight excluding hydrogens is 879 g/mol. The number of carboxylic acids is 3. The molecule has 1 rings (SSSR count). The molecule has 0 heterocycles. The minimum Gasteiger partial charge on any atom is -0.481 e. The molecule has 13 N–H and O–H groups in total. The molecule has 0 aliphatic heterocycles. The topological polar surface area (TPSA) is 371 Å². The molecule has 0 aliphatic carbocycles. The summed E-state index contributed by atoms with van der Waals surface area (Å²) in [6.07, 6.45) is -0.924. The van der Waals surface area contributed by atoms with E-state index in [-0.39, 0.29) is 18.8 Å². The molecule has 0 aromatic heterocycles. The number of hydrogen-bond acceptors (Lipinski definition) is 12. The molecule has 23 heteroatoms. The van der Waals surface area contributed by atoms with Gasteiger partial charge >= 0.3 is 17.9 Å². The third kappa shape index (κ3) is 20.6. The van der Waals surface area contributed by atoms with E-state index in [0.29, 0.717) is 18.4 Å². The Morgan fingerprint density at radius 3 is 1.49 bits per heavy atom. The van der Waals surface area contributed by atoms with Crippen molar-refractivity contribution in [3.63, 3.8) is 0 Å². The van der Waals surface area contributed by atoms with Crippen LogP contribution >= 0.6 is 0 Å². The number of rotatable bonds is 30. The Morgan fingerprint density at radius 2 is 1.00 bits per heavy atom. The van der Waals surface area contributed by atoms with Crippen LogP contribution in [0.3, 0.4) is 0 Å². The second kappa shape index (κ2) is 29.1. The highest BCUT2D eigenvalue weighted by Gasteiger charge is 2.36. The van der Waals surface area contributed by atoms with Crippen molar-refractivity contribution in [1.82, 2.24) is 42.5 Å². The van der Waals surface area contributed by atoms with Gasteiger partial charge in [-0.3, -0.25) is 47.9 Å². The maximum atomic E-state index is 13.9. The fourth-order valence-corrected chi connectivity index (χ4v) is 6.26. The molecule has 0 saturated heterocycles. The minimum atomic E-state index is -1.75. The van der Waals surface area contributed by atoms with E-state index >= 15 is 0 Å². The van der Waals surface area contributed by atoms with Crippen LogP contribution in [-0.4, -0.2) is 135 Å². The molecule has 374 valence electrons. The summed E-state index contributed by atoms with van der Waals surface area (Å²) in [5, 5.41) is 47.9. The zero-order valence-corrected chi connectivity index (χ0v) is 39.3. The van der Waals surface area contributed by atoms with Gasteiger partial charge < -0.3 is 63.6 Å². The SMILES string of the molecule is CC[C@H](C)[C@H](N)C(=O)N[C@@H](C)C(=O)N[C@@H](CC(=O)O)C(=O)N[C@H](C(=O)N[C@@H](CCC(=O)O)C(=O)N[C@H](C(=O)NCC(=O)N[C@@H](C)C(=O)N[C@@H](Cc1ccccc1)C(=O)O)[C@@H](C)CC)[C@@H](C)CC. The summed E-state index contributed by atoms with van der Waals surface area (Å²) in [5.74, 6) is -12.8. The number of carboxylic acid groups (broad SMARTS) is 3. The smallest absolute Gasteiger partial charge is 0.326 e. The Morgan fingerprint density at radius 1 is 0.522 bits per heavy atom. The van der Waals surface area contributed by atoms with Gasteiger partial charge in [-0.2, -0.15) is 0 Å². The summed E-state index contributed by atoms with van der Waals surface area (Å²) < 4.78 is 0. The third-order valence-electron chi connectivity index (χ3n) is 11.3. The molecule has 0 saturated carbocycles. The average molecular weight is 948 g/mol. The van der Waals surface area contributed by atoms with E-state index in [4.69, 9.17) is 5.73 Å². The van der Waals surface area contributed by atoms with E-state index in [9.17, 15) is 68.1 Å². The van der Waals surface area contributed by atoms with Gasteiger partial charge in [0.1, 0.15) is 42.3 Å². The van der Waals surface area contributed by atoms with Crippen molar-refractivity contribution >= 4 is 65.2 Å². The number of carbonyl (C=O) groups excluding carboxylic acids is 8. The molecule has 0 bridgehead atoms. The zero-order valence-electron chi connectivity index (χ0n) is 39.3. The van der Waals surface area contributed by atoms with Crippen LogP contribution in [0, 0.1) is 17.8 Å². The van der Waals surface area contributed by atoms with Crippen LogP contribution in [0.15, 0.2) is 30.3 Å². The summed E-state index contributed by atoms with van der Waals surface area (Å²) in [4.78, 5) is 141. The van der Waals surface area contributed by atoms with Gasteiger partial charge in [-0.05, 0) is 43.6 Å². The number of nitrogens with one attached hydrogen (secondary N) is 8. The third-order valence-corrected chi connectivity index (χ3v) is 11.3. The molecule has 0 fully saturated rings. The number of carbonyl (C=O) groups is 11. The maximum Gasteiger partial charge on any atom is 0.326 e. The van der Waals surface area contributed by atoms with E-state index in [2.05, 4.69) is 42.5 Å². The monoisotopic (exact) mass is 947 g/mol. The van der Waals surface area contributed by atoms with Crippen LogP contribution in [0.2, 0.25) is 0 Å². The number of nitrogens with two attached hydrogens (primary N) is 1. The van der Waals surface area contributed by atoms with Gasteiger partial charge in [0.15, 0.2) is 0 Å². The molecule has 0 aliphatic rings. The van der Waals surface area contributed by atoms with Crippen LogP contribution in [0.4, 0.5) is 0 Å². The molecule has 0 radical (unpaired) electrons. The van der Waals surface area contributed by atoms with E-state index < -0.39 is 151 Å². The zero-order chi connectivity index (χ0) is 51.1. The van der Waals surface area contributed by atoms with Crippen LogP contribution < -0.4 is 48.3 Å². The highest BCUT2D eigenvalue weighted by atomic mass is 16.4. The number of amides is 8. The Balaban J connectivity index is 3.17. The summed E-state index contributed by atoms with van der Waals surface area (Å²) in [5.41, 5.74) is 6.60. The second-order valence-corrected chi connectivity index (χ2v) is 16.6. The first-order valence-corrected chi connectivity index (χ1v) is 22.2. The van der Waals surface area contributed by atoms with Crippen molar-refractivity contribution in [2.75, 3.05) is 6.54 Å². The van der Waals surface area contributed by atoms with Crippen molar-refractivity contribution in [1.29, 1.82) is 0 Å². The molecule has 8 amide bonds. The maximum absolute atomic E-state index is 13.9. The van der Waals surface area contributed by atoms with Gasteiger partial charge in [-0.25, -0.2) is 4.79 Å². The van der Waals surface area contributed by atoms with E-state index in [0.717, 1.165) is 0 Å². The Bertz CT molecular complexity index is 1900. The largest absolute Gasteiger partial charge is 0.481 e. The summed E-state index contributed by atoms with van der Waals surface area (Å²) >= 11 is 0. The average Bonchev–Trinajstić information content (AvgIpc) is 3.28. The Hall–Kier alpha value is -6.65. The molecule has 0 unspecified atom stereocenters. The van der Waals surface area contributed by atoms with Crippen LogP contribution in [-0.2, 0) is 59.2 Å². The molecule has 1 aromatic carbocycles. The fraction of sp³-hybridized carbons (Fsp3) is 0.614. The second-order valence-electron chi connectivity index (χ2n) is 16.6. The number of benzene rings is 1. The Labute approximate surface area is 389 Å². The van der Waals surface area contributed by atoms with Gasteiger partial charge in [0.2, 0.25) is 47.3 Å². The van der Waals surface area contributed by atoms with Crippen molar-refractivity contribution in [2.24, 2.45) is 23.5 Å². The van der Waals surface area contributed by atoms with E-state index in [1.807, 2.05) is 6.92 Å². The number of hydrogen-bond donors (Lipinski definition) is 12. The normalized spacial score (nSPS) is 15.9. The first kappa shape index (κ1) is 58.4. The van der Waals surface area contributed by atoms with Gasteiger partial charge in [-0.1, -0.05) is 91.1 Å². The fourth-order valence-electron chi connectivity index (χ4n) is 6.26. The first-order valence-electron chi connectivity index (χ1n) is 22.2. The summed E-state index contributed by atoms with van der Waals surface area (Å²) in [6, 6.07) is -2.32. The van der Waals surface area contributed by atoms with Gasteiger partial charge in [0.25, 0.3) is 0 Å². The lowest BCUT2D eigenvalue weighted by Crippen LogP contribution is -2.61. The highest BCUT2D eigenvalue weighted by molar-refractivity contribution is 5.98. The predicted molar refractivity (Wildman–Crippen MR) is 241 cm³/mol. The standard InChI is InChI=1S/C44H69N9O14/c1-9-22(4)34(45)41(63)48-26(8)38(60)50-29(20-33(57)58)40(62)53-36(24(6)11-3)43(65)49-28(17-18-32(55)56)39(61)52-35(23(5)10-2)42(64)46-21-31(54)47-25(7)37(59)51-30(44(66)67)19-27-15-13-12-14-16-27/h12-16,22-26,28-30,34-36H,9-11,17-21,45H2,1-8H3,(H,46,64)(H,47,54)(H,48,63)(H,49,65)(H,50,60)(H,51,59)(H,52,61)(H,53,62)(H,55,56)(H,57,58)(H,66,67)/t22-,23-,24-,25-,26-,28-,29-,30-,34-,35-,36-/m0/s1. The van der Waals surface area contributed by atoms with Crippen molar-refractivity contribution in [3.8, 4) is 0 Å².